The van der Waals surface area contributed by atoms with Crippen molar-refractivity contribution in [1.29, 1.82) is 0 Å². The number of nitrogens with zero attached hydrogens (tertiary/aromatic N) is 2. The maximum atomic E-state index is 12.2. The highest BCUT2D eigenvalue weighted by atomic mass is 32.1. The van der Waals surface area contributed by atoms with E-state index in [1.165, 1.54) is 41.1 Å². The van der Waals surface area contributed by atoms with Crippen molar-refractivity contribution < 1.29 is 4.79 Å². The maximum absolute atomic E-state index is 12.2. The summed E-state index contributed by atoms with van der Waals surface area (Å²) in [6.45, 7) is 2.60. The molecule has 0 saturated heterocycles. The molecule has 0 aliphatic heterocycles. The van der Waals surface area contributed by atoms with Crippen molar-refractivity contribution in [3.63, 3.8) is 0 Å². The van der Waals surface area contributed by atoms with Crippen LogP contribution in [0.1, 0.15) is 36.0 Å². The largest absolute Gasteiger partial charge is 0.325 e. The molecule has 0 bridgehead atoms. The maximum Gasteiger partial charge on any atom is 0.232 e. The van der Waals surface area contributed by atoms with Gasteiger partial charge in [0, 0.05) is 11.9 Å². The van der Waals surface area contributed by atoms with Gasteiger partial charge in [-0.05, 0) is 30.5 Å². The lowest BCUT2D eigenvalue weighted by Gasteiger charge is -1.98. The van der Waals surface area contributed by atoms with Gasteiger partial charge >= 0.3 is 0 Å². The monoisotopic (exact) mass is 360 g/mol. The average Bonchev–Trinajstić information content (AvgIpc) is 3.18. The first kappa shape index (κ1) is 17.0. The first-order valence-corrected chi connectivity index (χ1v) is 9.70. The lowest BCUT2D eigenvalue weighted by molar-refractivity contribution is -0.115. The van der Waals surface area contributed by atoms with Gasteiger partial charge in [0.05, 0.1) is 22.3 Å². The molecule has 1 amide bonds. The number of nitrogens with one attached hydrogen (secondary N) is 1. The fourth-order valence-electron chi connectivity index (χ4n) is 2.41. The first-order valence-electron chi connectivity index (χ1n) is 8.00. The van der Waals surface area contributed by atoms with Crippen LogP contribution in [0.15, 0.2) is 23.6 Å². The number of hydrogen-bond acceptors (Lipinski definition) is 6. The number of aromatic nitrogens is 2. The minimum atomic E-state index is -0.103. The molecule has 0 spiro atoms. The fourth-order valence-corrected chi connectivity index (χ4v) is 4.03. The predicted octanol–water partition coefficient (Wildman–Crippen LogP) is 3.74. The van der Waals surface area contributed by atoms with Crippen molar-refractivity contribution in [2.24, 2.45) is 5.73 Å². The lowest BCUT2D eigenvalue weighted by Crippen LogP contribution is -2.14. The molecule has 2 heterocycles. The summed E-state index contributed by atoms with van der Waals surface area (Å²) >= 11 is 2.99. The van der Waals surface area contributed by atoms with Gasteiger partial charge in [-0.2, -0.15) is 0 Å². The molecule has 0 saturated carbocycles. The number of carbonyl (C=O) groups excluding carboxylic acids is 1. The molecule has 0 fully saturated rings. The molecule has 0 radical (unpaired) electrons. The molecule has 0 atom stereocenters. The van der Waals surface area contributed by atoms with E-state index < -0.39 is 0 Å². The van der Waals surface area contributed by atoms with E-state index in [9.17, 15) is 4.79 Å². The summed E-state index contributed by atoms with van der Waals surface area (Å²) in [6.07, 6.45) is 3.70. The van der Waals surface area contributed by atoms with Crippen molar-refractivity contribution in [1.82, 2.24) is 9.97 Å². The van der Waals surface area contributed by atoms with E-state index >= 15 is 0 Å². The second kappa shape index (κ2) is 7.83. The summed E-state index contributed by atoms with van der Waals surface area (Å²) in [4.78, 5) is 20.9. The Morgan fingerprint density at radius 1 is 1.33 bits per heavy atom. The smallest absolute Gasteiger partial charge is 0.232 e. The number of thiazole rings is 2. The number of unbranched alkanes of at least 4 members (excludes halogenated alkanes) is 1. The highest BCUT2D eigenvalue weighted by Gasteiger charge is 2.11. The van der Waals surface area contributed by atoms with Gasteiger partial charge in [0.2, 0.25) is 5.91 Å². The standard InChI is InChI=1S/C17H20N4OS2/c1-2-3-4-11-5-6-13-14(7-11)24-17(20-13)21-15(22)8-12-10-23-16(9-18)19-12/h5-7,10H,2-4,8-9,18H2,1H3,(H,20,21,22). The Hall–Kier alpha value is -1.83. The molecule has 1 aromatic carbocycles. The Morgan fingerprint density at radius 2 is 2.21 bits per heavy atom. The summed E-state index contributed by atoms with van der Waals surface area (Å²) in [5, 5.41) is 6.23. The zero-order valence-electron chi connectivity index (χ0n) is 13.5. The second-order valence-corrected chi connectivity index (χ2v) is 7.56. The third-order valence-corrected chi connectivity index (χ3v) is 5.49. The van der Waals surface area contributed by atoms with E-state index in [4.69, 9.17) is 5.73 Å². The van der Waals surface area contributed by atoms with Crippen LogP contribution in [-0.4, -0.2) is 15.9 Å². The number of benzene rings is 1. The van der Waals surface area contributed by atoms with Crippen LogP contribution in [0, 0.1) is 0 Å². The Morgan fingerprint density at radius 3 is 2.96 bits per heavy atom. The van der Waals surface area contributed by atoms with Gasteiger partial charge in [-0.1, -0.05) is 30.7 Å². The number of hydrogen-bond donors (Lipinski definition) is 2. The SMILES string of the molecule is CCCCc1ccc2nc(NC(=O)Cc3csc(CN)n3)sc2c1. The number of aryl methyl sites for hydroxylation is 1. The second-order valence-electron chi connectivity index (χ2n) is 5.59. The van der Waals surface area contributed by atoms with E-state index in [1.54, 1.807) is 0 Å². The van der Waals surface area contributed by atoms with Crippen LogP contribution in [-0.2, 0) is 24.2 Å². The molecule has 3 N–H and O–H groups in total. The average molecular weight is 361 g/mol. The van der Waals surface area contributed by atoms with Gasteiger partial charge in [0.1, 0.15) is 5.01 Å². The Labute approximate surface area is 148 Å². The molecule has 3 aromatic rings. The predicted molar refractivity (Wildman–Crippen MR) is 101 cm³/mol. The third kappa shape index (κ3) is 4.17. The lowest BCUT2D eigenvalue weighted by atomic mass is 10.1. The van der Waals surface area contributed by atoms with Gasteiger partial charge in [0.25, 0.3) is 0 Å². The van der Waals surface area contributed by atoms with Crippen LogP contribution in [0.25, 0.3) is 10.2 Å². The first-order chi connectivity index (χ1) is 11.7. The molecule has 7 heteroatoms. The van der Waals surface area contributed by atoms with Gasteiger partial charge in [-0.15, -0.1) is 11.3 Å². The number of nitrogens with two attached hydrogens (primary N) is 1. The topological polar surface area (TPSA) is 80.9 Å². The Kier molecular flexibility index (Phi) is 5.55. The van der Waals surface area contributed by atoms with E-state index in [0.717, 1.165) is 27.3 Å². The Balaban J connectivity index is 1.66. The molecule has 24 heavy (non-hydrogen) atoms. The van der Waals surface area contributed by atoms with Gasteiger partial charge in [-0.25, -0.2) is 9.97 Å². The van der Waals surface area contributed by atoms with Crippen molar-refractivity contribution in [2.45, 2.75) is 39.2 Å². The number of rotatable bonds is 7. The summed E-state index contributed by atoms with van der Waals surface area (Å²) in [7, 11) is 0. The molecular formula is C17H20N4OS2. The number of carbonyl (C=O) groups is 1. The molecule has 0 unspecified atom stereocenters. The van der Waals surface area contributed by atoms with Gasteiger partial charge in [0.15, 0.2) is 5.13 Å². The van der Waals surface area contributed by atoms with Crippen LogP contribution >= 0.6 is 22.7 Å². The van der Waals surface area contributed by atoms with Crippen molar-refractivity contribution in [3.8, 4) is 0 Å². The van der Waals surface area contributed by atoms with Crippen LogP contribution in [0.3, 0.4) is 0 Å². The van der Waals surface area contributed by atoms with E-state index in [0.29, 0.717) is 11.7 Å². The van der Waals surface area contributed by atoms with Crippen LogP contribution in [0.4, 0.5) is 5.13 Å². The zero-order valence-corrected chi connectivity index (χ0v) is 15.2. The summed E-state index contributed by atoms with van der Waals surface area (Å²) in [6, 6.07) is 6.32. The van der Waals surface area contributed by atoms with Crippen LogP contribution in [0.2, 0.25) is 0 Å². The van der Waals surface area contributed by atoms with Crippen LogP contribution in [0.5, 0.6) is 0 Å². The molecule has 0 aliphatic carbocycles. The third-order valence-electron chi connectivity index (χ3n) is 3.63. The van der Waals surface area contributed by atoms with E-state index in [1.807, 2.05) is 11.4 Å². The molecule has 5 nitrogen and oxygen atoms in total. The summed E-state index contributed by atoms with van der Waals surface area (Å²) in [5.41, 5.74) is 8.54. The van der Waals surface area contributed by atoms with Gasteiger partial charge < -0.3 is 11.1 Å². The van der Waals surface area contributed by atoms with E-state index in [-0.39, 0.29) is 12.3 Å². The van der Waals surface area contributed by atoms with Crippen molar-refractivity contribution in [3.05, 3.63) is 39.8 Å². The number of amides is 1. The highest BCUT2D eigenvalue weighted by molar-refractivity contribution is 7.22. The quantitative estimate of drug-likeness (QED) is 0.672. The molecular weight excluding hydrogens is 340 g/mol. The fraction of sp³-hybridized carbons (Fsp3) is 0.353. The minimum Gasteiger partial charge on any atom is -0.325 e. The van der Waals surface area contributed by atoms with Crippen LogP contribution < -0.4 is 11.1 Å². The van der Waals surface area contributed by atoms with Crippen molar-refractivity contribution in [2.75, 3.05) is 5.32 Å². The number of fused-ring (bicyclic) bond motifs is 1. The van der Waals surface area contributed by atoms with E-state index in [2.05, 4.69) is 34.3 Å². The molecule has 126 valence electrons. The summed E-state index contributed by atoms with van der Waals surface area (Å²) < 4.78 is 1.11. The Bertz CT molecular complexity index is 840. The molecule has 0 aliphatic rings. The molecule has 3 rings (SSSR count). The zero-order chi connectivity index (χ0) is 16.9. The summed E-state index contributed by atoms with van der Waals surface area (Å²) in [5.74, 6) is -0.103. The van der Waals surface area contributed by atoms with Crippen molar-refractivity contribution >= 4 is 43.9 Å². The minimum absolute atomic E-state index is 0.103. The van der Waals surface area contributed by atoms with Gasteiger partial charge in [-0.3, -0.25) is 4.79 Å². The highest BCUT2D eigenvalue weighted by Crippen LogP contribution is 2.27. The molecule has 2 aromatic heterocycles. The number of anilines is 1. The normalized spacial score (nSPS) is 11.1.